The van der Waals surface area contributed by atoms with Gasteiger partial charge in [0.05, 0.1) is 12.2 Å². The van der Waals surface area contributed by atoms with Crippen LogP contribution in [-0.2, 0) is 15.6 Å². The van der Waals surface area contributed by atoms with Crippen molar-refractivity contribution in [1.82, 2.24) is 5.32 Å². The highest BCUT2D eigenvalue weighted by atomic mass is 16.6. The van der Waals surface area contributed by atoms with Crippen molar-refractivity contribution in [1.29, 1.82) is 0 Å². The maximum atomic E-state index is 13.2. The number of aromatic hydroxyl groups is 1. The molecule has 2 N–H and O–H groups in total. The van der Waals surface area contributed by atoms with Gasteiger partial charge in [-0.15, -0.1) is 0 Å². The number of nitrogens with one attached hydrogen (secondary N) is 1. The van der Waals surface area contributed by atoms with Crippen LogP contribution >= 0.6 is 0 Å². The Morgan fingerprint density at radius 2 is 1.43 bits per heavy atom. The van der Waals surface area contributed by atoms with Crippen molar-refractivity contribution < 1.29 is 28.9 Å². The first kappa shape index (κ1) is 34.4. The molecule has 0 saturated heterocycles. The fourth-order valence-corrected chi connectivity index (χ4v) is 5.11. The van der Waals surface area contributed by atoms with Crippen molar-refractivity contribution in [3.8, 4) is 23.0 Å². The van der Waals surface area contributed by atoms with E-state index in [1.165, 1.54) is 17.2 Å². The number of rotatable bonds is 15. The molecule has 0 radical (unpaired) electrons. The summed E-state index contributed by atoms with van der Waals surface area (Å²) in [5, 5.41) is 14.9. The summed E-state index contributed by atoms with van der Waals surface area (Å²) in [7, 11) is 0. The Morgan fingerprint density at radius 3 is 2.13 bits per heavy atom. The minimum absolute atomic E-state index is 0.0181. The van der Waals surface area contributed by atoms with Gasteiger partial charge in [-0.25, -0.2) is 4.79 Å². The summed E-state index contributed by atoms with van der Waals surface area (Å²) in [5.41, 5.74) is 2.69. The van der Waals surface area contributed by atoms with Crippen LogP contribution < -0.4 is 19.5 Å². The lowest BCUT2D eigenvalue weighted by Gasteiger charge is -2.30. The number of carbonyl (C=O) groups is 2. The normalized spacial score (nSPS) is 11.7. The van der Waals surface area contributed by atoms with Crippen LogP contribution in [0.4, 0.5) is 0 Å². The number of unbranched alkanes of at least 4 members (excludes halogenated alkanes) is 1. The SMILES string of the molecule is CCC(C)(C)c1ccc(OCCCCNC(=O)c2cc(OCC(=O)Oc3ccccc3)c3ccccc3c2O)c(C(C)(C)CC)c1. The third-order valence-electron chi connectivity index (χ3n) is 8.92. The number of ether oxygens (including phenoxy) is 3. The van der Waals surface area contributed by atoms with Gasteiger partial charge in [-0.3, -0.25) is 4.79 Å². The molecule has 0 spiro atoms. The zero-order valence-electron chi connectivity index (χ0n) is 27.9. The summed E-state index contributed by atoms with van der Waals surface area (Å²) in [5.74, 6) is 0.473. The Morgan fingerprint density at radius 1 is 0.761 bits per heavy atom. The average molecular weight is 626 g/mol. The predicted octanol–water partition coefficient (Wildman–Crippen LogP) is 8.49. The number of carbonyl (C=O) groups excluding carboxylic acids is 2. The molecule has 0 saturated carbocycles. The van der Waals surface area contributed by atoms with Gasteiger partial charge in [-0.2, -0.15) is 0 Å². The van der Waals surface area contributed by atoms with Gasteiger partial charge in [-0.05, 0) is 66.3 Å². The van der Waals surface area contributed by atoms with Gasteiger partial charge in [-0.1, -0.05) is 96.1 Å². The number of phenolic OH excluding ortho intramolecular Hbond substituents is 1. The highest BCUT2D eigenvalue weighted by Gasteiger charge is 2.26. The Labute approximate surface area is 272 Å². The first-order chi connectivity index (χ1) is 22.0. The molecular weight excluding hydrogens is 578 g/mol. The van der Waals surface area contributed by atoms with E-state index in [4.69, 9.17) is 14.2 Å². The number of esters is 1. The lowest BCUT2D eigenvalue weighted by atomic mass is 9.76. The Hall–Kier alpha value is -4.52. The fourth-order valence-electron chi connectivity index (χ4n) is 5.11. The third-order valence-corrected chi connectivity index (χ3v) is 8.92. The predicted molar refractivity (Wildman–Crippen MR) is 183 cm³/mol. The van der Waals surface area contributed by atoms with E-state index in [-0.39, 0.29) is 28.7 Å². The number of hydrogen-bond acceptors (Lipinski definition) is 6. The number of benzene rings is 4. The molecule has 4 rings (SSSR count). The number of amides is 1. The quantitative estimate of drug-likeness (QED) is 0.0782. The summed E-state index contributed by atoms with van der Waals surface area (Å²) in [6, 6.07) is 23.8. The van der Waals surface area contributed by atoms with Crippen LogP contribution in [-0.4, -0.2) is 36.7 Å². The first-order valence-electron chi connectivity index (χ1n) is 16.2. The molecule has 0 aliphatic rings. The van der Waals surface area contributed by atoms with E-state index in [1.54, 1.807) is 48.5 Å². The molecule has 1 amide bonds. The molecule has 0 aliphatic heterocycles. The monoisotopic (exact) mass is 625 g/mol. The number of phenols is 1. The van der Waals surface area contributed by atoms with Gasteiger partial charge >= 0.3 is 5.97 Å². The van der Waals surface area contributed by atoms with E-state index in [9.17, 15) is 14.7 Å². The molecule has 4 aromatic rings. The maximum absolute atomic E-state index is 13.2. The molecule has 7 nitrogen and oxygen atoms in total. The molecule has 0 unspecified atom stereocenters. The average Bonchev–Trinajstić information content (AvgIpc) is 3.06. The van der Waals surface area contributed by atoms with Crippen LogP contribution in [0.2, 0.25) is 0 Å². The standard InChI is InChI=1S/C39H47NO6/c1-7-38(3,4)27-20-21-33(32(24-27)39(5,6)8-2)44-23-15-14-22-40-37(43)31-25-34(29-18-12-13-19-30(29)36(31)42)45-26-35(41)46-28-16-10-9-11-17-28/h9-13,16-21,24-25,42H,7-8,14-15,22-23,26H2,1-6H3,(H,40,43). The Kier molecular flexibility index (Phi) is 11.3. The number of para-hydroxylation sites is 1. The van der Waals surface area contributed by atoms with E-state index in [1.807, 2.05) is 6.07 Å². The van der Waals surface area contributed by atoms with Crippen LogP contribution in [0.25, 0.3) is 10.8 Å². The zero-order valence-corrected chi connectivity index (χ0v) is 27.9. The lowest BCUT2D eigenvalue weighted by molar-refractivity contribution is -0.136. The summed E-state index contributed by atoms with van der Waals surface area (Å²) in [4.78, 5) is 25.6. The third kappa shape index (κ3) is 8.39. The van der Waals surface area contributed by atoms with Crippen molar-refractivity contribution >= 4 is 22.6 Å². The number of fused-ring (bicyclic) bond motifs is 1. The molecule has 244 valence electrons. The van der Waals surface area contributed by atoms with Gasteiger partial charge < -0.3 is 24.6 Å². The van der Waals surface area contributed by atoms with E-state index >= 15 is 0 Å². The molecule has 46 heavy (non-hydrogen) atoms. The van der Waals surface area contributed by atoms with E-state index in [2.05, 4.69) is 65.1 Å². The summed E-state index contributed by atoms with van der Waals surface area (Å²) in [6.07, 6.45) is 3.50. The summed E-state index contributed by atoms with van der Waals surface area (Å²) < 4.78 is 17.4. The molecule has 7 heteroatoms. The molecule has 0 aliphatic carbocycles. The van der Waals surface area contributed by atoms with Crippen LogP contribution in [0.1, 0.15) is 88.7 Å². The van der Waals surface area contributed by atoms with Crippen molar-refractivity contribution in [2.24, 2.45) is 0 Å². The fraction of sp³-hybridized carbons (Fsp3) is 0.385. The molecule has 0 fully saturated rings. The van der Waals surface area contributed by atoms with Crippen molar-refractivity contribution in [2.45, 2.75) is 78.1 Å². The van der Waals surface area contributed by atoms with Crippen LogP contribution in [0.3, 0.4) is 0 Å². The smallest absolute Gasteiger partial charge is 0.349 e. The second-order valence-electron chi connectivity index (χ2n) is 12.9. The minimum atomic E-state index is -0.581. The minimum Gasteiger partial charge on any atom is -0.506 e. The van der Waals surface area contributed by atoms with E-state index in [0.29, 0.717) is 41.8 Å². The van der Waals surface area contributed by atoms with Gasteiger partial charge in [0.15, 0.2) is 6.61 Å². The second-order valence-corrected chi connectivity index (χ2v) is 12.9. The summed E-state index contributed by atoms with van der Waals surface area (Å²) >= 11 is 0. The second kappa shape index (κ2) is 15.2. The molecule has 0 bridgehead atoms. The lowest BCUT2D eigenvalue weighted by Crippen LogP contribution is -2.25. The number of hydrogen-bond donors (Lipinski definition) is 2. The molecule has 4 aromatic carbocycles. The van der Waals surface area contributed by atoms with E-state index in [0.717, 1.165) is 25.0 Å². The zero-order chi connectivity index (χ0) is 33.3. The Bertz CT molecular complexity index is 1640. The topological polar surface area (TPSA) is 94.1 Å². The first-order valence-corrected chi connectivity index (χ1v) is 16.2. The van der Waals surface area contributed by atoms with Gasteiger partial charge in [0, 0.05) is 22.9 Å². The Balaban J connectivity index is 1.35. The maximum Gasteiger partial charge on any atom is 0.349 e. The molecule has 0 atom stereocenters. The van der Waals surface area contributed by atoms with Gasteiger partial charge in [0.25, 0.3) is 5.91 Å². The molecule has 0 aromatic heterocycles. The van der Waals surface area contributed by atoms with E-state index < -0.39 is 11.9 Å². The van der Waals surface area contributed by atoms with Crippen LogP contribution in [0.15, 0.2) is 78.9 Å². The largest absolute Gasteiger partial charge is 0.506 e. The molecular formula is C39H47NO6. The van der Waals surface area contributed by atoms with Gasteiger partial charge in [0.1, 0.15) is 23.0 Å². The van der Waals surface area contributed by atoms with Crippen LogP contribution in [0, 0.1) is 0 Å². The summed E-state index contributed by atoms with van der Waals surface area (Å²) in [6.45, 7) is 14.0. The highest BCUT2D eigenvalue weighted by Crippen LogP contribution is 2.39. The van der Waals surface area contributed by atoms with Crippen molar-refractivity contribution in [3.63, 3.8) is 0 Å². The van der Waals surface area contributed by atoms with Crippen molar-refractivity contribution in [3.05, 3.63) is 95.6 Å². The highest BCUT2D eigenvalue weighted by molar-refractivity contribution is 6.05. The van der Waals surface area contributed by atoms with Gasteiger partial charge in [0.2, 0.25) is 0 Å². The molecule has 0 heterocycles. The van der Waals surface area contributed by atoms with Crippen molar-refractivity contribution in [2.75, 3.05) is 19.8 Å². The van der Waals surface area contributed by atoms with Crippen LogP contribution in [0.5, 0.6) is 23.0 Å².